The number of benzene rings is 1. The van der Waals surface area contributed by atoms with Gasteiger partial charge >= 0.3 is 5.97 Å². The van der Waals surface area contributed by atoms with Crippen LogP contribution in [0.25, 0.3) is 5.57 Å². The van der Waals surface area contributed by atoms with Gasteiger partial charge in [0.15, 0.2) is 0 Å². The topological polar surface area (TPSA) is 62.5 Å². The molecule has 0 aliphatic carbocycles. The molecule has 4 nitrogen and oxygen atoms in total. The average molecular weight is 320 g/mol. The van der Waals surface area contributed by atoms with Crippen molar-refractivity contribution in [3.05, 3.63) is 71.2 Å². The van der Waals surface area contributed by atoms with E-state index in [0.29, 0.717) is 5.71 Å². The SMILES string of the molecule is CC1=NC(C)=C(c2cccnc2)C(c2ccc(C)cc2)C1C(=O)O. The summed E-state index contributed by atoms with van der Waals surface area (Å²) in [6, 6.07) is 11.9. The summed E-state index contributed by atoms with van der Waals surface area (Å²) in [5.74, 6) is -1.80. The molecule has 0 spiro atoms. The molecule has 24 heavy (non-hydrogen) atoms. The zero-order valence-electron chi connectivity index (χ0n) is 14.0. The van der Waals surface area contributed by atoms with E-state index in [1.54, 1.807) is 19.3 Å². The van der Waals surface area contributed by atoms with Crippen molar-refractivity contribution in [2.75, 3.05) is 0 Å². The smallest absolute Gasteiger partial charge is 0.313 e. The molecular formula is C20H20N2O2. The van der Waals surface area contributed by atoms with E-state index in [1.807, 2.05) is 50.2 Å². The monoisotopic (exact) mass is 320 g/mol. The third-order valence-corrected chi connectivity index (χ3v) is 4.50. The predicted molar refractivity (Wildman–Crippen MR) is 95.0 cm³/mol. The van der Waals surface area contributed by atoms with Crippen molar-refractivity contribution in [3.8, 4) is 0 Å². The van der Waals surface area contributed by atoms with Crippen LogP contribution in [0.1, 0.15) is 36.5 Å². The molecule has 0 fully saturated rings. The number of aliphatic imine (C=N–C) groups is 1. The maximum absolute atomic E-state index is 12.0. The first-order valence-corrected chi connectivity index (χ1v) is 7.94. The number of pyridine rings is 1. The highest BCUT2D eigenvalue weighted by molar-refractivity contribution is 6.06. The molecule has 2 aromatic rings. The van der Waals surface area contributed by atoms with Crippen LogP contribution in [-0.4, -0.2) is 21.8 Å². The van der Waals surface area contributed by atoms with Crippen LogP contribution in [0.5, 0.6) is 0 Å². The number of hydrogen-bond donors (Lipinski definition) is 1. The summed E-state index contributed by atoms with van der Waals surface area (Å²) in [6.45, 7) is 5.75. The minimum atomic E-state index is -0.851. The van der Waals surface area contributed by atoms with Crippen molar-refractivity contribution >= 4 is 17.3 Å². The molecule has 4 heteroatoms. The molecule has 1 aliphatic rings. The van der Waals surface area contributed by atoms with E-state index >= 15 is 0 Å². The standard InChI is InChI=1S/C20H20N2O2/c1-12-6-8-15(9-7-12)19-17(16-5-4-10-21-11-16)13(2)22-14(3)18(19)20(23)24/h4-11,18-19H,1-3H3,(H,23,24). The molecule has 1 N–H and O–H groups in total. The van der Waals surface area contributed by atoms with Gasteiger partial charge in [0, 0.05) is 29.7 Å². The Morgan fingerprint density at radius 3 is 2.38 bits per heavy atom. The summed E-state index contributed by atoms with van der Waals surface area (Å²) >= 11 is 0. The molecule has 1 aliphatic heterocycles. The zero-order valence-corrected chi connectivity index (χ0v) is 14.0. The van der Waals surface area contributed by atoms with E-state index in [9.17, 15) is 9.90 Å². The quantitative estimate of drug-likeness (QED) is 0.927. The number of carboxylic acids is 1. The van der Waals surface area contributed by atoms with Gasteiger partial charge in [-0.1, -0.05) is 35.9 Å². The number of carbonyl (C=O) groups is 1. The summed E-state index contributed by atoms with van der Waals surface area (Å²) in [4.78, 5) is 20.7. The van der Waals surface area contributed by atoms with Crippen LogP contribution in [0.4, 0.5) is 0 Å². The molecule has 0 saturated carbocycles. The van der Waals surface area contributed by atoms with Crippen molar-refractivity contribution in [1.29, 1.82) is 0 Å². The first-order chi connectivity index (χ1) is 11.5. The molecular weight excluding hydrogens is 300 g/mol. The van der Waals surface area contributed by atoms with Gasteiger partial charge < -0.3 is 5.11 Å². The molecule has 1 aromatic heterocycles. The molecule has 122 valence electrons. The highest BCUT2D eigenvalue weighted by Gasteiger charge is 2.38. The van der Waals surface area contributed by atoms with E-state index in [2.05, 4.69) is 9.98 Å². The van der Waals surface area contributed by atoms with E-state index in [1.165, 1.54) is 0 Å². The van der Waals surface area contributed by atoms with Crippen LogP contribution >= 0.6 is 0 Å². The number of aromatic nitrogens is 1. The fourth-order valence-electron chi connectivity index (χ4n) is 3.39. The Hall–Kier alpha value is -2.75. The summed E-state index contributed by atoms with van der Waals surface area (Å²) in [6.07, 6.45) is 3.49. The van der Waals surface area contributed by atoms with E-state index < -0.39 is 11.9 Å². The fourth-order valence-corrected chi connectivity index (χ4v) is 3.39. The molecule has 0 saturated heterocycles. The Bertz CT molecular complexity index is 820. The van der Waals surface area contributed by atoms with Crippen molar-refractivity contribution in [2.24, 2.45) is 10.9 Å². The Morgan fingerprint density at radius 1 is 1.08 bits per heavy atom. The Balaban J connectivity index is 2.23. The van der Waals surface area contributed by atoms with Gasteiger partial charge in [0.05, 0.1) is 0 Å². The molecule has 0 radical (unpaired) electrons. The minimum absolute atomic E-state index is 0.273. The van der Waals surface area contributed by atoms with Crippen LogP contribution < -0.4 is 0 Å². The fraction of sp³-hybridized carbons (Fsp3) is 0.250. The van der Waals surface area contributed by atoms with Gasteiger partial charge in [-0.05, 0) is 43.5 Å². The van der Waals surface area contributed by atoms with Gasteiger partial charge in [0.1, 0.15) is 5.92 Å². The summed E-state index contributed by atoms with van der Waals surface area (Å²) < 4.78 is 0. The lowest BCUT2D eigenvalue weighted by molar-refractivity contribution is -0.139. The van der Waals surface area contributed by atoms with Crippen molar-refractivity contribution in [2.45, 2.75) is 26.7 Å². The Morgan fingerprint density at radius 2 is 1.79 bits per heavy atom. The minimum Gasteiger partial charge on any atom is -0.481 e. The Kier molecular flexibility index (Phi) is 4.30. The number of aryl methyl sites for hydroxylation is 1. The summed E-state index contributed by atoms with van der Waals surface area (Å²) in [7, 11) is 0. The lowest BCUT2D eigenvalue weighted by Crippen LogP contribution is -2.32. The van der Waals surface area contributed by atoms with Gasteiger partial charge in [-0.2, -0.15) is 0 Å². The predicted octanol–water partition coefficient (Wildman–Crippen LogP) is 4.08. The average Bonchev–Trinajstić information content (AvgIpc) is 2.55. The van der Waals surface area contributed by atoms with Gasteiger partial charge in [-0.15, -0.1) is 0 Å². The first kappa shape index (κ1) is 16.1. The lowest BCUT2D eigenvalue weighted by Gasteiger charge is -2.32. The second-order valence-corrected chi connectivity index (χ2v) is 6.20. The third kappa shape index (κ3) is 2.87. The molecule has 3 rings (SSSR count). The number of nitrogens with zero attached hydrogens (tertiary/aromatic N) is 2. The third-order valence-electron chi connectivity index (χ3n) is 4.50. The summed E-state index contributed by atoms with van der Waals surface area (Å²) in [5, 5.41) is 9.83. The van der Waals surface area contributed by atoms with Crippen LogP contribution in [0.15, 0.2) is 59.5 Å². The number of aliphatic carboxylic acids is 1. The number of hydrogen-bond acceptors (Lipinski definition) is 3. The highest BCUT2D eigenvalue weighted by Crippen LogP contribution is 2.43. The van der Waals surface area contributed by atoms with Gasteiger partial charge in [0.2, 0.25) is 0 Å². The largest absolute Gasteiger partial charge is 0.481 e. The molecule has 2 atom stereocenters. The zero-order chi connectivity index (χ0) is 17.3. The van der Waals surface area contributed by atoms with Crippen LogP contribution in [0.2, 0.25) is 0 Å². The van der Waals surface area contributed by atoms with Crippen molar-refractivity contribution in [1.82, 2.24) is 4.98 Å². The molecule has 2 heterocycles. The van der Waals surface area contributed by atoms with Crippen LogP contribution in [0, 0.1) is 12.8 Å². The maximum atomic E-state index is 12.0. The van der Waals surface area contributed by atoms with Crippen LogP contribution in [0.3, 0.4) is 0 Å². The molecule has 2 unspecified atom stereocenters. The molecule has 1 aromatic carbocycles. The first-order valence-electron chi connectivity index (χ1n) is 7.94. The van der Waals surface area contributed by atoms with E-state index in [0.717, 1.165) is 28.0 Å². The van der Waals surface area contributed by atoms with Crippen LogP contribution in [-0.2, 0) is 4.79 Å². The van der Waals surface area contributed by atoms with Crippen molar-refractivity contribution < 1.29 is 9.90 Å². The van der Waals surface area contributed by atoms with E-state index in [-0.39, 0.29) is 5.92 Å². The van der Waals surface area contributed by atoms with Gasteiger partial charge in [-0.3, -0.25) is 14.8 Å². The normalized spacial score (nSPS) is 20.7. The molecule has 0 bridgehead atoms. The van der Waals surface area contributed by atoms with E-state index in [4.69, 9.17) is 0 Å². The highest BCUT2D eigenvalue weighted by atomic mass is 16.4. The van der Waals surface area contributed by atoms with Crippen molar-refractivity contribution in [3.63, 3.8) is 0 Å². The second-order valence-electron chi connectivity index (χ2n) is 6.20. The molecule has 0 amide bonds. The second kappa shape index (κ2) is 6.40. The number of allylic oxidation sites excluding steroid dienone is 2. The van der Waals surface area contributed by atoms with Gasteiger partial charge in [-0.25, -0.2) is 0 Å². The lowest BCUT2D eigenvalue weighted by atomic mass is 9.74. The maximum Gasteiger partial charge on any atom is 0.313 e. The Labute approximate surface area is 141 Å². The van der Waals surface area contributed by atoms with Gasteiger partial charge in [0.25, 0.3) is 0 Å². The summed E-state index contributed by atoms with van der Waals surface area (Å²) in [5.41, 5.74) is 5.48. The number of rotatable bonds is 3. The number of carboxylic acid groups (broad SMARTS) is 1.